The predicted octanol–water partition coefficient (Wildman–Crippen LogP) is 0.923. The van der Waals surface area contributed by atoms with Crippen LogP contribution in [-0.2, 0) is 0 Å². The molecule has 0 bridgehead atoms. The second-order valence-electron chi connectivity index (χ2n) is 2.27. The van der Waals surface area contributed by atoms with Gasteiger partial charge in [0, 0.05) is 24.0 Å². The highest BCUT2D eigenvalue weighted by Gasteiger charge is 1.93. The molecule has 0 aliphatic rings. The van der Waals surface area contributed by atoms with E-state index in [2.05, 4.69) is 9.97 Å². The minimum Gasteiger partial charge on any atom is -0.329 e. The summed E-state index contributed by atoms with van der Waals surface area (Å²) in [4.78, 5) is 17.6. The zero-order valence-corrected chi connectivity index (χ0v) is 5.74. The second kappa shape index (κ2) is 2.20. The van der Waals surface area contributed by atoms with Crippen LogP contribution in [0, 0.1) is 0 Å². The van der Waals surface area contributed by atoms with Gasteiger partial charge in [0.2, 0.25) is 0 Å². The number of rotatable bonds is 0. The first-order valence-electron chi connectivity index (χ1n) is 3.29. The van der Waals surface area contributed by atoms with E-state index in [9.17, 15) is 4.79 Å². The molecule has 2 aromatic rings. The Morgan fingerprint density at radius 2 is 2.27 bits per heavy atom. The van der Waals surface area contributed by atoms with Crippen molar-refractivity contribution in [1.29, 1.82) is 0 Å². The van der Waals surface area contributed by atoms with Gasteiger partial charge >= 0.3 is 0 Å². The van der Waals surface area contributed by atoms with Crippen molar-refractivity contribution in [3.63, 3.8) is 0 Å². The lowest BCUT2D eigenvalue weighted by Gasteiger charge is -1.91. The van der Waals surface area contributed by atoms with Crippen LogP contribution in [0.3, 0.4) is 0 Å². The maximum Gasteiger partial charge on any atom is 0.255 e. The van der Waals surface area contributed by atoms with E-state index < -0.39 is 0 Å². The van der Waals surface area contributed by atoms with Crippen molar-refractivity contribution < 1.29 is 0 Å². The lowest BCUT2D eigenvalue weighted by Crippen LogP contribution is -2.03. The van der Waals surface area contributed by atoms with Gasteiger partial charge < -0.3 is 4.98 Å². The van der Waals surface area contributed by atoms with Crippen LogP contribution in [0.5, 0.6) is 0 Å². The molecule has 0 aromatic carbocycles. The summed E-state index contributed by atoms with van der Waals surface area (Å²) in [6.07, 6.45) is 4.90. The third-order valence-electron chi connectivity index (χ3n) is 1.57. The summed E-state index contributed by atoms with van der Waals surface area (Å²) in [6.45, 7) is 0. The summed E-state index contributed by atoms with van der Waals surface area (Å²) in [7, 11) is 0. The Morgan fingerprint density at radius 1 is 1.36 bits per heavy atom. The van der Waals surface area contributed by atoms with Gasteiger partial charge in [-0.2, -0.15) is 0 Å². The van der Waals surface area contributed by atoms with Gasteiger partial charge in [-0.1, -0.05) is 0 Å². The summed E-state index contributed by atoms with van der Waals surface area (Å²) < 4.78 is 0. The van der Waals surface area contributed by atoms with Gasteiger partial charge in [-0.25, -0.2) is 0 Å². The zero-order valence-electron chi connectivity index (χ0n) is 5.74. The predicted molar refractivity (Wildman–Crippen MR) is 42.4 cm³/mol. The van der Waals surface area contributed by atoms with Crippen molar-refractivity contribution in [3.8, 4) is 0 Å². The van der Waals surface area contributed by atoms with Crippen LogP contribution < -0.4 is 5.56 Å². The van der Waals surface area contributed by atoms with Crippen molar-refractivity contribution in [2.24, 2.45) is 0 Å². The fourth-order valence-corrected chi connectivity index (χ4v) is 1.03. The van der Waals surface area contributed by atoms with Gasteiger partial charge in [-0.15, -0.1) is 0 Å². The Balaban J connectivity index is 3.03. The fourth-order valence-electron chi connectivity index (χ4n) is 1.03. The molecule has 0 amide bonds. The number of aromatic amines is 1. The van der Waals surface area contributed by atoms with Gasteiger partial charge in [0.25, 0.3) is 5.56 Å². The molecule has 2 rings (SSSR count). The largest absolute Gasteiger partial charge is 0.329 e. The molecule has 2 heterocycles. The molecule has 54 valence electrons. The molecule has 0 radical (unpaired) electrons. The monoisotopic (exact) mass is 146 g/mol. The normalized spacial score (nSPS) is 10.2. The number of aromatic nitrogens is 2. The van der Waals surface area contributed by atoms with Crippen molar-refractivity contribution in [1.82, 2.24) is 9.97 Å². The minimum atomic E-state index is -0.0649. The van der Waals surface area contributed by atoms with Crippen LogP contribution in [0.2, 0.25) is 0 Å². The maximum absolute atomic E-state index is 11.1. The number of nitrogens with one attached hydrogen (secondary N) is 1. The summed E-state index contributed by atoms with van der Waals surface area (Å²) in [5.41, 5.74) is -0.0649. The first kappa shape index (κ1) is 6.09. The molecule has 0 saturated heterocycles. The van der Waals surface area contributed by atoms with Gasteiger partial charge in [-0.3, -0.25) is 9.78 Å². The Kier molecular flexibility index (Phi) is 1.22. The lowest BCUT2D eigenvalue weighted by atomic mass is 10.2. The van der Waals surface area contributed by atoms with Crippen LogP contribution >= 0.6 is 0 Å². The SMILES string of the molecule is O=c1[nH]ccc2cnccc12. The highest BCUT2D eigenvalue weighted by atomic mass is 16.1. The van der Waals surface area contributed by atoms with Crippen molar-refractivity contribution in [3.05, 3.63) is 41.1 Å². The van der Waals surface area contributed by atoms with Crippen LogP contribution in [0.25, 0.3) is 10.8 Å². The van der Waals surface area contributed by atoms with Crippen molar-refractivity contribution >= 4 is 10.8 Å². The Morgan fingerprint density at radius 3 is 3.09 bits per heavy atom. The fraction of sp³-hybridized carbons (Fsp3) is 0. The number of hydrogen-bond acceptors (Lipinski definition) is 2. The summed E-state index contributed by atoms with van der Waals surface area (Å²) in [5.74, 6) is 0. The van der Waals surface area contributed by atoms with E-state index in [0.717, 1.165) is 5.39 Å². The van der Waals surface area contributed by atoms with E-state index in [1.807, 2.05) is 6.07 Å². The smallest absolute Gasteiger partial charge is 0.255 e. The molecule has 2 aromatic heterocycles. The molecule has 1 N–H and O–H groups in total. The van der Waals surface area contributed by atoms with Gasteiger partial charge in [0.1, 0.15) is 0 Å². The highest BCUT2D eigenvalue weighted by molar-refractivity contribution is 5.79. The Hall–Kier alpha value is -1.64. The minimum absolute atomic E-state index is 0.0649. The maximum atomic E-state index is 11.1. The third kappa shape index (κ3) is 0.902. The molecule has 0 aliphatic carbocycles. The quantitative estimate of drug-likeness (QED) is 0.600. The van der Waals surface area contributed by atoms with E-state index in [-0.39, 0.29) is 5.56 Å². The van der Waals surface area contributed by atoms with Gasteiger partial charge in [0.15, 0.2) is 0 Å². The highest BCUT2D eigenvalue weighted by Crippen LogP contribution is 2.03. The van der Waals surface area contributed by atoms with Gasteiger partial charge in [-0.05, 0) is 12.1 Å². The van der Waals surface area contributed by atoms with E-state index in [1.54, 1.807) is 24.7 Å². The first-order valence-corrected chi connectivity index (χ1v) is 3.29. The molecule has 0 unspecified atom stereocenters. The lowest BCUT2D eigenvalue weighted by molar-refractivity contribution is 1.26. The van der Waals surface area contributed by atoms with E-state index in [4.69, 9.17) is 0 Å². The number of nitrogens with zero attached hydrogens (tertiary/aromatic N) is 1. The number of H-pyrrole nitrogens is 1. The van der Waals surface area contributed by atoms with E-state index >= 15 is 0 Å². The molecular formula is C8H6N2O. The average Bonchev–Trinajstić information content (AvgIpc) is 2.06. The second-order valence-corrected chi connectivity index (χ2v) is 2.27. The number of hydrogen-bond donors (Lipinski definition) is 1. The van der Waals surface area contributed by atoms with Gasteiger partial charge in [0.05, 0.1) is 5.39 Å². The molecule has 0 aliphatic heterocycles. The number of fused-ring (bicyclic) bond motifs is 1. The zero-order chi connectivity index (χ0) is 7.68. The Labute approximate surface area is 62.7 Å². The molecule has 0 saturated carbocycles. The topological polar surface area (TPSA) is 45.8 Å². The third-order valence-corrected chi connectivity index (χ3v) is 1.57. The standard InChI is InChI=1S/C8H6N2O/c11-8-7-2-3-9-5-6(7)1-4-10-8/h1-5H,(H,10,11). The van der Waals surface area contributed by atoms with Crippen molar-refractivity contribution in [2.75, 3.05) is 0 Å². The number of pyridine rings is 2. The van der Waals surface area contributed by atoms with Crippen LogP contribution in [0.15, 0.2) is 35.5 Å². The average molecular weight is 146 g/mol. The van der Waals surface area contributed by atoms with Crippen LogP contribution in [0.4, 0.5) is 0 Å². The summed E-state index contributed by atoms with van der Waals surface area (Å²) in [6, 6.07) is 3.53. The molecule has 0 spiro atoms. The van der Waals surface area contributed by atoms with Crippen LogP contribution in [0.1, 0.15) is 0 Å². The summed E-state index contributed by atoms with van der Waals surface area (Å²) >= 11 is 0. The summed E-state index contributed by atoms with van der Waals surface area (Å²) in [5, 5.41) is 1.55. The molecule has 0 fully saturated rings. The van der Waals surface area contributed by atoms with Crippen molar-refractivity contribution in [2.45, 2.75) is 0 Å². The first-order chi connectivity index (χ1) is 5.38. The molecular weight excluding hydrogens is 140 g/mol. The van der Waals surface area contributed by atoms with Crippen LogP contribution in [-0.4, -0.2) is 9.97 Å². The molecule has 3 heteroatoms. The molecule has 0 atom stereocenters. The Bertz CT molecular complexity index is 428. The molecule has 11 heavy (non-hydrogen) atoms. The molecule has 3 nitrogen and oxygen atoms in total. The van der Waals surface area contributed by atoms with E-state index in [1.165, 1.54) is 0 Å². The van der Waals surface area contributed by atoms with E-state index in [0.29, 0.717) is 5.39 Å².